The van der Waals surface area contributed by atoms with Crippen LogP contribution in [0.25, 0.3) is 12.2 Å². The second kappa shape index (κ2) is 8.11. The zero-order valence-electron chi connectivity index (χ0n) is 12.5. The minimum absolute atomic E-state index is 0.0257. The molecule has 0 bridgehead atoms. The van der Waals surface area contributed by atoms with Crippen LogP contribution < -0.4 is 5.73 Å². The zero-order chi connectivity index (χ0) is 17.5. The summed E-state index contributed by atoms with van der Waals surface area (Å²) in [7, 11) is -3.67. The summed E-state index contributed by atoms with van der Waals surface area (Å²) in [6, 6.07) is 14.9. The summed E-state index contributed by atoms with van der Waals surface area (Å²) in [5.74, 6) is -0.112. The molecule has 0 heterocycles. The van der Waals surface area contributed by atoms with Gasteiger partial charge in [0.25, 0.3) is 10.1 Å². The largest absolute Gasteiger partial charge is 0.507 e. The Hall–Kier alpha value is -2.64. The molecule has 0 aliphatic carbocycles. The Morgan fingerprint density at radius 1 is 1.09 bits per heavy atom. The number of nitrogen functional groups attached to an aromatic ring is 1. The molecule has 0 radical (unpaired) electrons. The van der Waals surface area contributed by atoms with Gasteiger partial charge in [0.05, 0.1) is 11.8 Å². The van der Waals surface area contributed by atoms with Gasteiger partial charge in [0, 0.05) is 0 Å². The quantitative estimate of drug-likeness (QED) is 0.297. The lowest BCUT2D eigenvalue weighted by Crippen LogP contribution is -2.12. The van der Waals surface area contributed by atoms with E-state index in [0.717, 1.165) is 11.1 Å². The number of hydrogen-bond donors (Lipinski definition) is 4. The lowest BCUT2D eigenvalue weighted by molar-refractivity contribution is 0.474. The predicted molar refractivity (Wildman–Crippen MR) is 92.0 cm³/mol. The highest BCUT2D eigenvalue weighted by Crippen LogP contribution is 2.22. The number of hydrogen-bond acceptors (Lipinski definition) is 4. The third-order valence-corrected chi connectivity index (χ3v) is 2.60. The highest BCUT2D eigenvalue weighted by molar-refractivity contribution is 7.85. The Morgan fingerprint density at radius 2 is 1.65 bits per heavy atom. The Morgan fingerprint density at radius 3 is 2.17 bits per heavy atom. The average Bonchev–Trinajstić information content (AvgIpc) is 2.44. The van der Waals surface area contributed by atoms with E-state index in [4.69, 9.17) is 15.7 Å². The number of phenols is 1. The SMILES string of the molecule is CS(=O)(=O)O.N=C(N)c1c(O)cccc1C=Cc1ccccc1. The second-order valence-corrected chi connectivity index (χ2v) is 6.10. The minimum Gasteiger partial charge on any atom is -0.507 e. The summed E-state index contributed by atoms with van der Waals surface area (Å²) in [5.41, 5.74) is 7.62. The van der Waals surface area contributed by atoms with Crippen molar-refractivity contribution < 1.29 is 18.1 Å². The highest BCUT2D eigenvalue weighted by atomic mass is 32.2. The Bertz CT molecular complexity index is 792. The van der Waals surface area contributed by atoms with E-state index < -0.39 is 10.1 Å². The molecule has 0 saturated heterocycles. The summed E-state index contributed by atoms with van der Waals surface area (Å²) < 4.78 is 25.9. The monoisotopic (exact) mass is 334 g/mol. The summed E-state index contributed by atoms with van der Waals surface area (Å²) in [6.45, 7) is 0. The molecule has 0 aliphatic rings. The summed E-state index contributed by atoms with van der Waals surface area (Å²) >= 11 is 0. The standard InChI is InChI=1S/C15H14N2O.CH4O3S/c16-15(17)14-12(7-4-8-13(14)18)10-9-11-5-2-1-3-6-11;1-5(2,3)4/h1-10,18H,(H3,16,17);1H3,(H,2,3,4). The van der Waals surface area contributed by atoms with E-state index in [1.807, 2.05) is 48.6 Å². The average molecular weight is 334 g/mol. The van der Waals surface area contributed by atoms with Crippen LogP contribution in [0.2, 0.25) is 0 Å². The predicted octanol–water partition coefficient (Wildman–Crippen LogP) is 2.35. The van der Waals surface area contributed by atoms with Gasteiger partial charge in [-0.2, -0.15) is 8.42 Å². The van der Waals surface area contributed by atoms with Crippen LogP contribution in [-0.4, -0.2) is 30.2 Å². The van der Waals surface area contributed by atoms with Gasteiger partial charge in [-0.1, -0.05) is 54.6 Å². The zero-order valence-corrected chi connectivity index (χ0v) is 13.3. The molecule has 2 aromatic rings. The fourth-order valence-electron chi connectivity index (χ4n) is 1.74. The topological polar surface area (TPSA) is 124 Å². The third-order valence-electron chi connectivity index (χ3n) is 2.60. The lowest BCUT2D eigenvalue weighted by Gasteiger charge is -2.06. The molecule has 0 aromatic heterocycles. The van der Waals surface area contributed by atoms with Crippen LogP contribution in [0, 0.1) is 5.41 Å². The molecule has 2 aromatic carbocycles. The molecule has 0 fully saturated rings. The molecule has 23 heavy (non-hydrogen) atoms. The molecule has 0 unspecified atom stereocenters. The van der Waals surface area contributed by atoms with Gasteiger partial charge in [0.1, 0.15) is 11.6 Å². The van der Waals surface area contributed by atoms with Crippen molar-refractivity contribution in [2.24, 2.45) is 5.73 Å². The normalized spacial score (nSPS) is 10.9. The van der Waals surface area contributed by atoms with Crippen molar-refractivity contribution >= 4 is 28.1 Å². The Labute approximate surface area is 135 Å². The molecule has 122 valence electrons. The van der Waals surface area contributed by atoms with Gasteiger partial charge in [-0.25, -0.2) is 0 Å². The van der Waals surface area contributed by atoms with E-state index in [2.05, 4.69) is 0 Å². The van der Waals surface area contributed by atoms with E-state index in [0.29, 0.717) is 11.8 Å². The number of nitrogens with two attached hydrogens (primary N) is 1. The molecule has 2 rings (SSSR count). The van der Waals surface area contributed by atoms with Crippen molar-refractivity contribution in [2.75, 3.05) is 6.26 Å². The van der Waals surface area contributed by atoms with Gasteiger partial charge >= 0.3 is 0 Å². The van der Waals surface area contributed by atoms with Crippen LogP contribution in [0.1, 0.15) is 16.7 Å². The van der Waals surface area contributed by atoms with Crippen LogP contribution in [-0.2, 0) is 10.1 Å². The number of nitrogens with one attached hydrogen (secondary N) is 1. The van der Waals surface area contributed by atoms with Gasteiger partial charge in [0.15, 0.2) is 0 Å². The first-order chi connectivity index (χ1) is 10.7. The van der Waals surface area contributed by atoms with Crippen molar-refractivity contribution in [1.29, 1.82) is 5.41 Å². The van der Waals surface area contributed by atoms with E-state index >= 15 is 0 Å². The fraction of sp³-hybridized carbons (Fsp3) is 0.0625. The van der Waals surface area contributed by atoms with E-state index in [1.165, 1.54) is 6.07 Å². The second-order valence-electron chi connectivity index (χ2n) is 4.63. The number of amidine groups is 1. The van der Waals surface area contributed by atoms with Gasteiger partial charge < -0.3 is 10.8 Å². The number of aromatic hydroxyl groups is 1. The maximum atomic E-state index is 9.70. The summed E-state index contributed by atoms with van der Waals surface area (Å²) in [6.07, 6.45) is 4.47. The fourth-order valence-corrected chi connectivity index (χ4v) is 1.74. The van der Waals surface area contributed by atoms with Crippen molar-refractivity contribution in [3.05, 3.63) is 65.2 Å². The number of benzene rings is 2. The Balaban J connectivity index is 0.000000463. The minimum atomic E-state index is -3.67. The van der Waals surface area contributed by atoms with E-state index in [1.54, 1.807) is 6.07 Å². The molecule has 7 heteroatoms. The van der Waals surface area contributed by atoms with Crippen LogP contribution >= 0.6 is 0 Å². The molecular formula is C16H18N2O4S. The molecule has 0 spiro atoms. The molecule has 6 nitrogen and oxygen atoms in total. The molecule has 0 atom stereocenters. The smallest absolute Gasteiger partial charge is 0.261 e. The lowest BCUT2D eigenvalue weighted by atomic mass is 10.0. The maximum absolute atomic E-state index is 9.70. The van der Waals surface area contributed by atoms with Crippen molar-refractivity contribution in [1.82, 2.24) is 0 Å². The molecular weight excluding hydrogens is 316 g/mol. The molecule has 0 amide bonds. The van der Waals surface area contributed by atoms with E-state index in [-0.39, 0.29) is 11.6 Å². The van der Waals surface area contributed by atoms with Crippen LogP contribution in [0.3, 0.4) is 0 Å². The molecule has 0 aliphatic heterocycles. The number of rotatable bonds is 3. The van der Waals surface area contributed by atoms with E-state index in [9.17, 15) is 13.5 Å². The van der Waals surface area contributed by atoms with Gasteiger partial charge in [-0.05, 0) is 17.2 Å². The van der Waals surface area contributed by atoms with Gasteiger partial charge in [-0.15, -0.1) is 0 Å². The van der Waals surface area contributed by atoms with Gasteiger partial charge in [-0.3, -0.25) is 9.96 Å². The molecule has 5 N–H and O–H groups in total. The van der Waals surface area contributed by atoms with Crippen LogP contribution in [0.15, 0.2) is 48.5 Å². The first-order valence-electron chi connectivity index (χ1n) is 6.50. The Kier molecular flexibility index (Phi) is 6.49. The summed E-state index contributed by atoms with van der Waals surface area (Å²) in [4.78, 5) is 0. The van der Waals surface area contributed by atoms with Crippen LogP contribution in [0.4, 0.5) is 0 Å². The highest BCUT2D eigenvalue weighted by Gasteiger charge is 2.07. The van der Waals surface area contributed by atoms with Crippen molar-refractivity contribution in [3.8, 4) is 5.75 Å². The van der Waals surface area contributed by atoms with Crippen LogP contribution in [0.5, 0.6) is 5.75 Å². The first kappa shape index (κ1) is 18.4. The van der Waals surface area contributed by atoms with Crippen molar-refractivity contribution in [2.45, 2.75) is 0 Å². The number of phenolic OH excluding ortho intramolecular Hbond substituents is 1. The molecule has 0 saturated carbocycles. The van der Waals surface area contributed by atoms with Crippen molar-refractivity contribution in [3.63, 3.8) is 0 Å². The third kappa shape index (κ3) is 7.25. The van der Waals surface area contributed by atoms with Gasteiger partial charge in [0.2, 0.25) is 0 Å². The summed E-state index contributed by atoms with van der Waals surface area (Å²) in [5, 5.41) is 17.2. The first-order valence-corrected chi connectivity index (χ1v) is 8.35. The maximum Gasteiger partial charge on any atom is 0.261 e.